The minimum Gasteiger partial charge on any atom is -0.421 e. The van der Waals surface area contributed by atoms with Crippen LogP contribution in [0.15, 0.2) is 139 Å². The van der Waals surface area contributed by atoms with Crippen LogP contribution >= 0.6 is 0 Å². The molecule has 0 fully saturated rings. The molecule has 2 aliphatic rings. The van der Waals surface area contributed by atoms with Gasteiger partial charge in [-0.1, -0.05) is 115 Å². The Balaban J connectivity index is 1.35. The number of fused-ring (bicyclic) bond motifs is 5. The third-order valence-electron chi connectivity index (χ3n) is 8.65. The first kappa shape index (κ1) is 28.1. The van der Waals surface area contributed by atoms with Gasteiger partial charge in [0.05, 0.1) is 22.3 Å². The molecule has 0 unspecified atom stereocenters. The molecule has 0 N–H and O–H groups in total. The van der Waals surface area contributed by atoms with Crippen molar-refractivity contribution < 1.29 is 28.7 Å². The number of Topliss-reactive ketones (excluding diaryl/α,β-unsaturated/α-hetero) is 2. The lowest BCUT2D eigenvalue weighted by Gasteiger charge is -2.29. The second-order valence-corrected chi connectivity index (χ2v) is 11.5. The SMILES string of the molecule is Cc1ccc2c(c1)C(OC(=O)c1cccc3ccccc13)=C1C(=O)c3ccccc3C(OC(=O)c3cccc4ccccc34)=C1C2=O. The monoisotopic (exact) mass is 612 g/mol. The van der Waals surface area contributed by atoms with E-state index in [2.05, 4.69) is 0 Å². The molecule has 0 bridgehead atoms. The fraction of sp³-hybridized carbons (Fsp3) is 0.0244. The van der Waals surface area contributed by atoms with Crippen LogP contribution in [0, 0.1) is 6.92 Å². The molecule has 0 aliphatic heterocycles. The Morgan fingerprint density at radius 3 is 1.49 bits per heavy atom. The van der Waals surface area contributed by atoms with Crippen molar-refractivity contribution in [3.8, 4) is 0 Å². The van der Waals surface area contributed by atoms with Crippen LogP contribution in [0.5, 0.6) is 0 Å². The zero-order chi connectivity index (χ0) is 32.2. The van der Waals surface area contributed by atoms with E-state index in [1.54, 1.807) is 66.7 Å². The average Bonchev–Trinajstić information content (AvgIpc) is 3.10. The second kappa shape index (κ2) is 10.9. The Morgan fingerprint density at radius 1 is 0.468 bits per heavy atom. The Hall–Kier alpha value is -6.40. The summed E-state index contributed by atoms with van der Waals surface area (Å²) < 4.78 is 12.3. The number of hydrogen-bond donors (Lipinski definition) is 0. The van der Waals surface area contributed by atoms with Crippen molar-refractivity contribution in [2.45, 2.75) is 6.92 Å². The molecule has 0 saturated carbocycles. The lowest BCUT2D eigenvalue weighted by Crippen LogP contribution is -2.29. The fourth-order valence-electron chi connectivity index (χ4n) is 6.44. The molecule has 6 nitrogen and oxygen atoms in total. The standard InChI is InChI=1S/C41H24O6/c1-23-20-21-29-33(22-23)39(47-41(45)32-19-9-13-25-11-3-5-15-27(25)32)35-34(37(29)43)38(30-17-7-6-16-28(30)36(35)42)46-40(44)31-18-8-12-24-10-2-4-14-26(24)31/h2-22H,1H3. The largest absolute Gasteiger partial charge is 0.421 e. The summed E-state index contributed by atoms with van der Waals surface area (Å²) in [5, 5.41) is 3.06. The van der Waals surface area contributed by atoms with Crippen molar-refractivity contribution in [1.29, 1.82) is 0 Å². The van der Waals surface area contributed by atoms with E-state index < -0.39 is 23.5 Å². The maximum absolute atomic E-state index is 14.4. The van der Waals surface area contributed by atoms with Crippen LogP contribution in [0.3, 0.4) is 0 Å². The normalized spacial score (nSPS) is 13.7. The van der Waals surface area contributed by atoms with Gasteiger partial charge in [-0.2, -0.15) is 0 Å². The summed E-state index contributed by atoms with van der Waals surface area (Å²) in [4.78, 5) is 56.5. The number of benzene rings is 6. The van der Waals surface area contributed by atoms with Gasteiger partial charge >= 0.3 is 11.9 Å². The number of carbonyl (C=O) groups is 4. The van der Waals surface area contributed by atoms with E-state index in [-0.39, 0.29) is 33.8 Å². The number of hydrogen-bond acceptors (Lipinski definition) is 6. The van der Waals surface area contributed by atoms with Crippen molar-refractivity contribution >= 4 is 56.6 Å². The Morgan fingerprint density at radius 2 is 0.915 bits per heavy atom. The smallest absolute Gasteiger partial charge is 0.344 e. The topological polar surface area (TPSA) is 86.7 Å². The van der Waals surface area contributed by atoms with E-state index in [1.165, 1.54) is 0 Å². The van der Waals surface area contributed by atoms with E-state index in [0.717, 1.165) is 16.3 Å². The summed E-state index contributed by atoms with van der Waals surface area (Å²) in [6.45, 7) is 1.85. The summed E-state index contributed by atoms with van der Waals surface area (Å²) in [5.74, 6) is -2.53. The van der Waals surface area contributed by atoms with Crippen molar-refractivity contribution in [3.63, 3.8) is 0 Å². The lowest BCUT2D eigenvalue weighted by atomic mass is 9.76. The second-order valence-electron chi connectivity index (χ2n) is 11.5. The molecule has 224 valence electrons. The maximum Gasteiger partial charge on any atom is 0.344 e. The van der Waals surface area contributed by atoms with Crippen molar-refractivity contribution in [3.05, 3.63) is 177 Å². The van der Waals surface area contributed by atoms with Crippen LogP contribution in [-0.4, -0.2) is 23.5 Å². The number of aryl methyl sites for hydroxylation is 1. The van der Waals surface area contributed by atoms with Gasteiger partial charge in [0.25, 0.3) is 0 Å². The molecule has 0 spiro atoms. The fourth-order valence-corrected chi connectivity index (χ4v) is 6.44. The van der Waals surface area contributed by atoms with Crippen molar-refractivity contribution in [1.82, 2.24) is 0 Å². The minimum atomic E-state index is -0.690. The molecule has 0 aromatic heterocycles. The molecule has 0 atom stereocenters. The van der Waals surface area contributed by atoms with Gasteiger partial charge in [-0.15, -0.1) is 0 Å². The zero-order valence-electron chi connectivity index (χ0n) is 25.1. The molecule has 47 heavy (non-hydrogen) atoms. The average molecular weight is 613 g/mol. The quantitative estimate of drug-likeness (QED) is 0.186. The van der Waals surface area contributed by atoms with Gasteiger partial charge in [0, 0.05) is 22.3 Å². The molecule has 6 aromatic carbocycles. The van der Waals surface area contributed by atoms with Gasteiger partial charge in [-0.05, 0) is 46.7 Å². The molecule has 6 heteroatoms. The summed E-state index contributed by atoms with van der Waals surface area (Å²) in [6, 6.07) is 37.2. The van der Waals surface area contributed by atoms with Gasteiger partial charge in [-0.25, -0.2) is 9.59 Å². The molecule has 0 radical (unpaired) electrons. The van der Waals surface area contributed by atoms with Gasteiger partial charge in [-0.3, -0.25) is 9.59 Å². The molecular formula is C41H24O6. The van der Waals surface area contributed by atoms with Gasteiger partial charge in [0.1, 0.15) is 0 Å². The molecule has 2 aliphatic carbocycles. The van der Waals surface area contributed by atoms with Crippen molar-refractivity contribution in [2.24, 2.45) is 0 Å². The first-order chi connectivity index (χ1) is 22.9. The minimum absolute atomic E-state index is 0.0607. The third-order valence-corrected chi connectivity index (χ3v) is 8.65. The van der Waals surface area contributed by atoms with Crippen molar-refractivity contribution in [2.75, 3.05) is 0 Å². The maximum atomic E-state index is 14.4. The van der Waals surface area contributed by atoms with E-state index in [9.17, 15) is 19.2 Å². The highest BCUT2D eigenvalue weighted by Crippen LogP contribution is 2.45. The Kier molecular flexibility index (Phi) is 6.51. The van der Waals surface area contributed by atoms with E-state index in [0.29, 0.717) is 33.0 Å². The summed E-state index contributed by atoms with van der Waals surface area (Å²) in [5.41, 5.74) is 2.21. The molecule has 6 aromatic rings. The lowest BCUT2D eigenvalue weighted by molar-refractivity contribution is 0.0673. The predicted octanol–water partition coefficient (Wildman–Crippen LogP) is 8.53. The van der Waals surface area contributed by atoms with Crippen LogP contribution in [0.1, 0.15) is 58.1 Å². The Bertz CT molecular complexity index is 2430. The number of allylic oxidation sites excluding steroid dienone is 2. The summed E-state index contributed by atoms with van der Waals surface area (Å²) in [7, 11) is 0. The van der Waals surface area contributed by atoms with Crippen LogP contribution in [-0.2, 0) is 9.47 Å². The third kappa shape index (κ3) is 4.50. The van der Waals surface area contributed by atoms with Gasteiger partial charge < -0.3 is 9.47 Å². The van der Waals surface area contributed by atoms with Crippen LogP contribution in [0.2, 0.25) is 0 Å². The van der Waals surface area contributed by atoms with E-state index >= 15 is 0 Å². The highest BCUT2D eigenvalue weighted by Gasteiger charge is 2.43. The Labute approximate surface area is 269 Å². The predicted molar refractivity (Wildman–Crippen MR) is 179 cm³/mol. The van der Waals surface area contributed by atoms with Crippen LogP contribution in [0.4, 0.5) is 0 Å². The highest BCUT2D eigenvalue weighted by molar-refractivity contribution is 6.34. The number of ketones is 2. The van der Waals surface area contributed by atoms with Gasteiger partial charge in [0.2, 0.25) is 0 Å². The first-order valence-corrected chi connectivity index (χ1v) is 15.1. The molecule has 0 amide bonds. The summed E-state index contributed by atoms with van der Waals surface area (Å²) >= 11 is 0. The molecule has 0 saturated heterocycles. The number of ether oxygens (including phenoxy) is 2. The van der Waals surface area contributed by atoms with Crippen LogP contribution < -0.4 is 0 Å². The van der Waals surface area contributed by atoms with E-state index in [1.807, 2.05) is 67.6 Å². The number of rotatable bonds is 4. The summed E-state index contributed by atoms with van der Waals surface area (Å²) in [6.07, 6.45) is 0. The number of esters is 2. The first-order valence-electron chi connectivity index (χ1n) is 15.1. The van der Waals surface area contributed by atoms with Gasteiger partial charge in [0.15, 0.2) is 23.1 Å². The number of carbonyl (C=O) groups excluding carboxylic acids is 4. The molecular weight excluding hydrogens is 588 g/mol. The highest BCUT2D eigenvalue weighted by atomic mass is 16.5. The van der Waals surface area contributed by atoms with Crippen LogP contribution in [0.25, 0.3) is 33.1 Å². The molecule has 0 heterocycles. The van der Waals surface area contributed by atoms with E-state index in [4.69, 9.17) is 9.47 Å². The molecule has 8 rings (SSSR count). The zero-order valence-corrected chi connectivity index (χ0v) is 25.1.